The lowest BCUT2D eigenvalue weighted by molar-refractivity contribution is -0.115. The first-order valence-corrected chi connectivity index (χ1v) is 9.28. The normalized spacial score (nSPS) is 12.7. The van der Waals surface area contributed by atoms with E-state index in [-0.39, 0.29) is 10.8 Å². The van der Waals surface area contributed by atoms with Gasteiger partial charge >= 0.3 is 0 Å². The van der Waals surface area contributed by atoms with Crippen molar-refractivity contribution >= 4 is 44.6 Å². The monoisotopic (exact) mass is 371 g/mol. The van der Waals surface area contributed by atoms with E-state index in [4.69, 9.17) is 23.2 Å². The maximum atomic E-state index is 12.4. The van der Waals surface area contributed by atoms with Gasteiger partial charge in [-0.25, -0.2) is 8.42 Å². The molecule has 0 aliphatic heterocycles. The zero-order valence-electron chi connectivity index (χ0n) is 12.3. The maximum absolute atomic E-state index is 12.4. The quantitative estimate of drug-likeness (QED) is 0.865. The third-order valence-electron chi connectivity index (χ3n) is 3.32. The Hall–Kier alpha value is -1.56. The van der Waals surface area contributed by atoms with Crippen molar-refractivity contribution in [2.45, 2.75) is 17.9 Å². The van der Waals surface area contributed by atoms with E-state index in [9.17, 15) is 13.2 Å². The number of nitrogens with one attached hydrogen (secondary N) is 1. The number of halogens is 2. The summed E-state index contributed by atoms with van der Waals surface area (Å²) in [4.78, 5) is 12.1. The van der Waals surface area contributed by atoms with Crippen LogP contribution in [0.5, 0.6) is 0 Å². The molecule has 7 heteroatoms. The summed E-state index contributed by atoms with van der Waals surface area (Å²) in [6, 6.07) is 13.3. The molecule has 0 heterocycles. The Balaban J connectivity index is 2.13. The minimum atomic E-state index is -3.71. The summed E-state index contributed by atoms with van der Waals surface area (Å²) in [7, 11) is -3.71. The van der Waals surface area contributed by atoms with Gasteiger partial charge in [-0.05, 0) is 36.8 Å². The summed E-state index contributed by atoms with van der Waals surface area (Å²) < 4.78 is 24.8. The molecule has 23 heavy (non-hydrogen) atoms. The molecule has 0 radical (unpaired) electrons. The molecule has 0 spiro atoms. The van der Waals surface area contributed by atoms with E-state index in [1.54, 1.807) is 42.5 Å². The number of carbonyl (C=O) groups is 1. The van der Waals surface area contributed by atoms with Gasteiger partial charge in [0.15, 0.2) is 9.84 Å². The predicted octanol–water partition coefficient (Wildman–Crippen LogP) is 3.94. The number of sulfone groups is 1. The Morgan fingerprint density at radius 2 is 1.78 bits per heavy atom. The molecule has 0 aromatic heterocycles. The molecule has 0 aliphatic carbocycles. The zero-order chi connectivity index (χ0) is 17.0. The summed E-state index contributed by atoms with van der Waals surface area (Å²) in [6.45, 7) is 1.36. The van der Waals surface area contributed by atoms with Gasteiger partial charge in [0, 0.05) is 15.7 Å². The van der Waals surface area contributed by atoms with Crippen molar-refractivity contribution in [2.24, 2.45) is 0 Å². The highest BCUT2D eigenvalue weighted by Crippen LogP contribution is 2.24. The van der Waals surface area contributed by atoms with Crippen LogP contribution in [0.25, 0.3) is 0 Å². The van der Waals surface area contributed by atoms with Crippen LogP contribution in [0.1, 0.15) is 12.5 Å². The third-order valence-corrected chi connectivity index (χ3v) is 5.91. The first-order chi connectivity index (χ1) is 10.8. The third kappa shape index (κ3) is 4.70. The molecule has 0 aliphatic rings. The van der Waals surface area contributed by atoms with Crippen LogP contribution in [0.4, 0.5) is 5.69 Å². The van der Waals surface area contributed by atoms with Gasteiger partial charge in [0.1, 0.15) is 5.25 Å². The highest BCUT2D eigenvalue weighted by molar-refractivity contribution is 7.92. The van der Waals surface area contributed by atoms with Crippen LogP contribution >= 0.6 is 23.2 Å². The predicted molar refractivity (Wildman–Crippen MR) is 93.6 cm³/mol. The van der Waals surface area contributed by atoms with Crippen molar-refractivity contribution in [1.82, 2.24) is 0 Å². The van der Waals surface area contributed by atoms with Gasteiger partial charge in [0.2, 0.25) is 5.91 Å². The number of rotatable bonds is 5. The molecule has 2 aromatic rings. The van der Waals surface area contributed by atoms with Gasteiger partial charge in [-0.3, -0.25) is 4.79 Å². The molecule has 0 saturated carbocycles. The molecule has 1 atom stereocenters. The Kier molecular flexibility index (Phi) is 5.68. The van der Waals surface area contributed by atoms with Gasteiger partial charge in [-0.15, -0.1) is 0 Å². The summed E-state index contributed by atoms with van der Waals surface area (Å²) >= 11 is 11.8. The molecule has 0 saturated heterocycles. The summed E-state index contributed by atoms with van der Waals surface area (Å²) in [5, 5.41) is 2.07. The van der Waals surface area contributed by atoms with E-state index in [2.05, 4.69) is 5.32 Å². The van der Waals surface area contributed by atoms with E-state index in [0.29, 0.717) is 16.3 Å². The number of hydrogen-bond donors (Lipinski definition) is 1. The lowest BCUT2D eigenvalue weighted by atomic mass is 10.2. The highest BCUT2D eigenvalue weighted by atomic mass is 35.5. The molecule has 1 N–H and O–H groups in total. The van der Waals surface area contributed by atoms with Crippen LogP contribution in [-0.2, 0) is 20.4 Å². The van der Waals surface area contributed by atoms with Crippen molar-refractivity contribution in [3.63, 3.8) is 0 Å². The minimum absolute atomic E-state index is 0.261. The van der Waals surface area contributed by atoms with Crippen LogP contribution in [0, 0.1) is 0 Å². The van der Waals surface area contributed by atoms with Crippen LogP contribution < -0.4 is 5.32 Å². The fourth-order valence-corrected chi connectivity index (χ4v) is 3.78. The van der Waals surface area contributed by atoms with Crippen molar-refractivity contribution < 1.29 is 13.2 Å². The molecule has 1 amide bonds. The van der Waals surface area contributed by atoms with E-state index in [1.165, 1.54) is 13.0 Å². The van der Waals surface area contributed by atoms with E-state index < -0.39 is 21.0 Å². The van der Waals surface area contributed by atoms with Gasteiger partial charge in [0.05, 0.1) is 5.75 Å². The Labute approximate surface area is 145 Å². The van der Waals surface area contributed by atoms with Gasteiger partial charge in [-0.2, -0.15) is 0 Å². The molecule has 2 rings (SSSR count). The summed E-state index contributed by atoms with van der Waals surface area (Å²) in [5.74, 6) is -0.909. The second-order valence-electron chi connectivity index (χ2n) is 5.04. The number of amides is 1. The molecule has 1 unspecified atom stereocenters. The van der Waals surface area contributed by atoms with Crippen molar-refractivity contribution in [3.8, 4) is 0 Å². The number of hydrogen-bond acceptors (Lipinski definition) is 3. The van der Waals surface area contributed by atoms with E-state index in [0.717, 1.165) is 0 Å². The van der Waals surface area contributed by atoms with Crippen molar-refractivity contribution in [3.05, 3.63) is 64.1 Å². The average Bonchev–Trinajstić information content (AvgIpc) is 2.50. The van der Waals surface area contributed by atoms with Crippen LogP contribution in [0.2, 0.25) is 10.0 Å². The van der Waals surface area contributed by atoms with Crippen molar-refractivity contribution in [2.75, 3.05) is 5.32 Å². The Morgan fingerprint density at radius 1 is 1.13 bits per heavy atom. The van der Waals surface area contributed by atoms with Crippen LogP contribution in [-0.4, -0.2) is 19.6 Å². The lowest BCUT2D eigenvalue weighted by Gasteiger charge is -2.14. The van der Waals surface area contributed by atoms with Crippen LogP contribution in [0.3, 0.4) is 0 Å². The van der Waals surface area contributed by atoms with Gasteiger partial charge in [0.25, 0.3) is 0 Å². The van der Waals surface area contributed by atoms with Crippen molar-refractivity contribution in [1.29, 1.82) is 0 Å². The Bertz CT molecular complexity index is 807. The number of para-hydroxylation sites is 1. The van der Waals surface area contributed by atoms with Gasteiger partial charge < -0.3 is 5.32 Å². The smallest absolute Gasteiger partial charge is 0.242 e. The minimum Gasteiger partial charge on any atom is -0.325 e. The second kappa shape index (κ2) is 7.34. The number of anilines is 1. The Morgan fingerprint density at radius 3 is 2.39 bits per heavy atom. The molecular weight excluding hydrogens is 357 g/mol. The SMILES string of the molecule is CC(C(=O)Nc1ccccc1)S(=O)(=O)Cc1ccc(Cl)cc1Cl. The first kappa shape index (κ1) is 17.8. The average molecular weight is 372 g/mol. The standard InChI is InChI=1S/C16H15Cl2NO3S/c1-11(16(20)19-14-5-3-2-4-6-14)23(21,22)10-12-7-8-13(17)9-15(12)18/h2-9,11H,10H2,1H3,(H,19,20). The summed E-state index contributed by atoms with van der Waals surface area (Å²) in [6.07, 6.45) is 0. The summed E-state index contributed by atoms with van der Waals surface area (Å²) in [5.41, 5.74) is 0.958. The molecular formula is C16H15Cl2NO3S. The second-order valence-corrected chi connectivity index (χ2v) is 8.21. The van der Waals surface area contributed by atoms with E-state index >= 15 is 0 Å². The topological polar surface area (TPSA) is 63.2 Å². The van der Waals surface area contributed by atoms with E-state index in [1.807, 2.05) is 0 Å². The fraction of sp³-hybridized carbons (Fsp3) is 0.188. The first-order valence-electron chi connectivity index (χ1n) is 6.81. The van der Waals surface area contributed by atoms with Gasteiger partial charge in [-0.1, -0.05) is 47.5 Å². The molecule has 0 bridgehead atoms. The number of benzene rings is 2. The molecule has 4 nitrogen and oxygen atoms in total. The fourth-order valence-electron chi connectivity index (χ4n) is 1.91. The zero-order valence-corrected chi connectivity index (χ0v) is 14.6. The molecule has 2 aromatic carbocycles. The maximum Gasteiger partial charge on any atom is 0.242 e. The molecule has 0 fully saturated rings. The molecule has 122 valence electrons. The number of carbonyl (C=O) groups excluding carboxylic acids is 1. The van der Waals surface area contributed by atoms with Crippen LogP contribution in [0.15, 0.2) is 48.5 Å². The largest absolute Gasteiger partial charge is 0.325 e. The lowest BCUT2D eigenvalue weighted by Crippen LogP contribution is -2.33. The highest BCUT2D eigenvalue weighted by Gasteiger charge is 2.29.